The van der Waals surface area contributed by atoms with Gasteiger partial charge in [-0.3, -0.25) is 0 Å². The summed E-state index contributed by atoms with van der Waals surface area (Å²) in [5.74, 6) is 1.65. The number of hydrogen-bond acceptors (Lipinski definition) is 5. The van der Waals surface area contributed by atoms with Crippen molar-refractivity contribution >= 4 is 11.3 Å². The van der Waals surface area contributed by atoms with Gasteiger partial charge in [-0.25, -0.2) is 4.98 Å². The molecule has 1 aromatic carbocycles. The van der Waals surface area contributed by atoms with Gasteiger partial charge in [0.2, 0.25) is 0 Å². The number of aromatic nitrogens is 1. The van der Waals surface area contributed by atoms with Gasteiger partial charge in [0.05, 0.1) is 12.8 Å². The van der Waals surface area contributed by atoms with Crippen molar-refractivity contribution in [1.82, 2.24) is 4.98 Å². The normalized spacial score (nSPS) is 17.6. The van der Waals surface area contributed by atoms with E-state index in [1.54, 1.807) is 18.4 Å². The van der Waals surface area contributed by atoms with Gasteiger partial charge in [-0.05, 0) is 43.5 Å². The van der Waals surface area contributed by atoms with Crippen molar-refractivity contribution in [2.24, 2.45) is 5.73 Å². The van der Waals surface area contributed by atoms with Crippen LogP contribution in [0.3, 0.4) is 0 Å². The van der Waals surface area contributed by atoms with Gasteiger partial charge in [0.15, 0.2) is 0 Å². The number of aryl methyl sites for hydroxylation is 1. The van der Waals surface area contributed by atoms with E-state index < -0.39 is 0 Å². The molecule has 0 saturated carbocycles. The summed E-state index contributed by atoms with van der Waals surface area (Å²) in [7, 11) is 1.65. The number of thiazole rings is 1. The second kappa shape index (κ2) is 5.81. The molecule has 106 valence electrons. The summed E-state index contributed by atoms with van der Waals surface area (Å²) in [6, 6.07) is 7.73. The van der Waals surface area contributed by atoms with Crippen LogP contribution in [0.1, 0.15) is 34.5 Å². The molecule has 0 fully saturated rings. The molecule has 20 heavy (non-hydrogen) atoms. The van der Waals surface area contributed by atoms with Crippen LogP contribution >= 0.6 is 11.3 Å². The molecule has 1 aromatic heterocycles. The van der Waals surface area contributed by atoms with E-state index in [1.807, 2.05) is 24.3 Å². The van der Waals surface area contributed by atoms with E-state index >= 15 is 0 Å². The molecule has 0 aliphatic heterocycles. The van der Waals surface area contributed by atoms with E-state index in [-0.39, 0.29) is 6.04 Å². The number of nitrogens with two attached hydrogens (primary N) is 1. The fourth-order valence-electron chi connectivity index (χ4n) is 2.38. The second-order valence-electron chi connectivity index (χ2n) is 4.88. The van der Waals surface area contributed by atoms with Gasteiger partial charge in [-0.15, -0.1) is 11.3 Å². The fourth-order valence-corrected chi connectivity index (χ4v) is 3.44. The first-order valence-corrected chi connectivity index (χ1v) is 7.59. The number of ether oxygens (including phenoxy) is 2. The molecule has 0 spiro atoms. The van der Waals surface area contributed by atoms with Crippen LogP contribution < -0.4 is 15.2 Å². The lowest BCUT2D eigenvalue weighted by Crippen LogP contribution is -2.15. The van der Waals surface area contributed by atoms with Crippen molar-refractivity contribution in [3.63, 3.8) is 0 Å². The van der Waals surface area contributed by atoms with E-state index in [4.69, 9.17) is 15.2 Å². The zero-order valence-corrected chi connectivity index (χ0v) is 12.3. The first kappa shape index (κ1) is 13.4. The Labute approximate surface area is 122 Å². The minimum Gasteiger partial charge on any atom is -0.497 e. The van der Waals surface area contributed by atoms with E-state index in [0.717, 1.165) is 35.8 Å². The van der Waals surface area contributed by atoms with Gasteiger partial charge in [0, 0.05) is 10.9 Å². The third-order valence-corrected chi connectivity index (χ3v) is 4.66. The van der Waals surface area contributed by atoms with Gasteiger partial charge in [-0.1, -0.05) is 0 Å². The number of hydrogen-bond donors (Lipinski definition) is 1. The Balaban J connectivity index is 1.66. The van der Waals surface area contributed by atoms with Gasteiger partial charge >= 0.3 is 0 Å². The third kappa shape index (κ3) is 2.78. The maximum absolute atomic E-state index is 6.11. The molecule has 0 saturated heterocycles. The van der Waals surface area contributed by atoms with Crippen LogP contribution in [0, 0.1) is 0 Å². The van der Waals surface area contributed by atoms with Crippen molar-refractivity contribution in [2.75, 3.05) is 7.11 Å². The predicted molar refractivity (Wildman–Crippen MR) is 79.3 cm³/mol. The van der Waals surface area contributed by atoms with Crippen LogP contribution in [0.5, 0.6) is 11.5 Å². The van der Waals surface area contributed by atoms with E-state index in [2.05, 4.69) is 4.98 Å². The van der Waals surface area contributed by atoms with Crippen molar-refractivity contribution < 1.29 is 9.47 Å². The summed E-state index contributed by atoms with van der Waals surface area (Å²) in [6.07, 6.45) is 3.24. The first-order chi connectivity index (χ1) is 9.76. The lowest BCUT2D eigenvalue weighted by Gasteiger charge is -2.15. The van der Waals surface area contributed by atoms with E-state index in [1.165, 1.54) is 10.6 Å². The van der Waals surface area contributed by atoms with Crippen LogP contribution in [0.4, 0.5) is 0 Å². The molecule has 2 N–H and O–H groups in total. The maximum atomic E-state index is 6.11. The highest BCUT2D eigenvalue weighted by atomic mass is 32.1. The highest BCUT2D eigenvalue weighted by Crippen LogP contribution is 2.33. The Morgan fingerprint density at radius 1 is 1.30 bits per heavy atom. The van der Waals surface area contributed by atoms with Crippen LogP contribution in [-0.2, 0) is 13.0 Å². The Bertz CT molecular complexity index is 580. The predicted octanol–water partition coefficient (Wildman–Crippen LogP) is 3.07. The van der Waals surface area contributed by atoms with Crippen LogP contribution in [0.2, 0.25) is 0 Å². The summed E-state index contributed by atoms with van der Waals surface area (Å²) in [5.41, 5.74) is 7.28. The lowest BCUT2D eigenvalue weighted by atomic mass is 9.99. The third-order valence-electron chi connectivity index (χ3n) is 3.46. The molecule has 3 rings (SSSR count). The van der Waals surface area contributed by atoms with Gasteiger partial charge in [0.25, 0.3) is 0 Å². The SMILES string of the molecule is COc1ccc(OCc2nc3c(s2)C(N)CCC3)cc1. The standard InChI is InChI=1S/C15H18N2O2S/c1-18-10-5-7-11(8-6-10)19-9-14-17-13-4-2-3-12(16)15(13)20-14/h5-8,12H,2-4,9,16H2,1H3. The Morgan fingerprint density at radius 2 is 2.05 bits per heavy atom. The molecule has 1 heterocycles. The number of benzene rings is 1. The van der Waals surface area contributed by atoms with Crippen molar-refractivity contribution in [2.45, 2.75) is 31.9 Å². The largest absolute Gasteiger partial charge is 0.497 e. The summed E-state index contributed by atoms with van der Waals surface area (Å²) in [6.45, 7) is 0.497. The molecular weight excluding hydrogens is 272 g/mol. The first-order valence-electron chi connectivity index (χ1n) is 6.77. The molecule has 0 bridgehead atoms. The summed E-state index contributed by atoms with van der Waals surface area (Å²) in [4.78, 5) is 5.88. The molecule has 2 aromatic rings. The second-order valence-corrected chi connectivity index (χ2v) is 6.00. The molecule has 0 amide bonds. The molecule has 1 aliphatic carbocycles. The van der Waals surface area contributed by atoms with Gasteiger partial charge in [0.1, 0.15) is 23.1 Å². The number of nitrogens with zero attached hydrogens (tertiary/aromatic N) is 1. The fraction of sp³-hybridized carbons (Fsp3) is 0.400. The van der Waals surface area contributed by atoms with Crippen LogP contribution in [0.25, 0.3) is 0 Å². The Hall–Kier alpha value is -1.59. The minimum absolute atomic E-state index is 0.158. The summed E-state index contributed by atoms with van der Waals surface area (Å²) < 4.78 is 10.9. The Kier molecular flexibility index (Phi) is 3.89. The highest BCUT2D eigenvalue weighted by molar-refractivity contribution is 7.11. The average Bonchev–Trinajstić information content (AvgIpc) is 2.90. The van der Waals surface area contributed by atoms with Crippen LogP contribution in [-0.4, -0.2) is 12.1 Å². The number of rotatable bonds is 4. The lowest BCUT2D eigenvalue weighted by molar-refractivity contribution is 0.304. The number of methoxy groups -OCH3 is 1. The zero-order chi connectivity index (χ0) is 13.9. The van der Waals surface area contributed by atoms with Crippen molar-refractivity contribution in [1.29, 1.82) is 0 Å². The smallest absolute Gasteiger partial charge is 0.140 e. The molecule has 4 nitrogen and oxygen atoms in total. The van der Waals surface area contributed by atoms with E-state index in [9.17, 15) is 0 Å². The van der Waals surface area contributed by atoms with Gasteiger partial charge < -0.3 is 15.2 Å². The summed E-state index contributed by atoms with van der Waals surface area (Å²) >= 11 is 1.68. The summed E-state index contributed by atoms with van der Waals surface area (Å²) in [5, 5.41) is 1.00. The average molecular weight is 290 g/mol. The minimum atomic E-state index is 0.158. The van der Waals surface area contributed by atoms with E-state index in [0.29, 0.717) is 6.61 Å². The maximum Gasteiger partial charge on any atom is 0.140 e. The zero-order valence-electron chi connectivity index (χ0n) is 11.5. The molecular formula is C15H18N2O2S. The quantitative estimate of drug-likeness (QED) is 0.940. The van der Waals surface area contributed by atoms with Crippen LogP contribution in [0.15, 0.2) is 24.3 Å². The van der Waals surface area contributed by atoms with Crippen molar-refractivity contribution in [3.05, 3.63) is 39.8 Å². The molecule has 1 atom stereocenters. The van der Waals surface area contributed by atoms with Gasteiger partial charge in [-0.2, -0.15) is 0 Å². The monoisotopic (exact) mass is 290 g/mol. The molecule has 1 unspecified atom stereocenters. The number of fused-ring (bicyclic) bond motifs is 1. The highest BCUT2D eigenvalue weighted by Gasteiger charge is 2.21. The topological polar surface area (TPSA) is 57.4 Å². The molecule has 1 aliphatic rings. The molecule has 0 radical (unpaired) electrons. The Morgan fingerprint density at radius 3 is 2.75 bits per heavy atom. The molecule has 5 heteroatoms. The van der Waals surface area contributed by atoms with Crippen molar-refractivity contribution in [3.8, 4) is 11.5 Å².